The van der Waals surface area contributed by atoms with Crippen molar-refractivity contribution in [2.75, 3.05) is 0 Å². The van der Waals surface area contributed by atoms with Gasteiger partial charge in [-0.25, -0.2) is 0 Å². The Hall–Kier alpha value is -4.56. The van der Waals surface area contributed by atoms with Crippen molar-refractivity contribution in [2.24, 2.45) is 0 Å². The fourth-order valence-electron chi connectivity index (χ4n) is 7.53. The van der Waals surface area contributed by atoms with Crippen molar-refractivity contribution in [3.05, 3.63) is 205 Å². The Labute approximate surface area is 351 Å². The first-order valence-corrected chi connectivity index (χ1v) is 23.4. The monoisotopic (exact) mass is 840 g/mol. The van der Waals surface area contributed by atoms with Crippen LogP contribution in [0.4, 0.5) is 0 Å². The van der Waals surface area contributed by atoms with Gasteiger partial charge in [0.1, 0.15) is 0 Å². The minimum absolute atomic E-state index is 0. The van der Waals surface area contributed by atoms with Gasteiger partial charge < -0.3 is 24.8 Å². The second-order valence-electron chi connectivity index (χ2n) is 14.0. The van der Waals surface area contributed by atoms with Crippen LogP contribution >= 0.6 is 0 Å². The van der Waals surface area contributed by atoms with Crippen LogP contribution in [0, 0.1) is 20.8 Å². The molecule has 0 heterocycles. The van der Waals surface area contributed by atoms with Gasteiger partial charge >= 0.3 is 99.8 Å². The van der Waals surface area contributed by atoms with Crippen molar-refractivity contribution in [1.29, 1.82) is 0 Å². The summed E-state index contributed by atoms with van der Waals surface area (Å²) in [6.45, 7) is 6.45. The molecule has 0 radical (unpaired) electrons. The zero-order valence-corrected chi connectivity index (χ0v) is 36.1. The number of hydrogen-bond donors (Lipinski definition) is 0. The molecular weight excluding hydrogens is 803 g/mol. The molecule has 0 aromatic heterocycles. The van der Waals surface area contributed by atoms with Gasteiger partial charge in [-0.2, -0.15) is 6.07 Å². The van der Waals surface area contributed by atoms with E-state index in [2.05, 4.69) is 209 Å². The molecule has 0 bridgehead atoms. The first-order chi connectivity index (χ1) is 25.9. The third kappa shape index (κ3) is 8.65. The molecular formula is C51H40Cl2SiZr-2. The quantitative estimate of drug-likeness (QED) is 0.108. The molecule has 0 aliphatic carbocycles. The molecule has 10 aromatic carbocycles. The summed E-state index contributed by atoms with van der Waals surface area (Å²) in [4.78, 5) is 0. The Morgan fingerprint density at radius 1 is 0.382 bits per heavy atom. The zero-order chi connectivity index (χ0) is 36.3. The fourth-order valence-corrected chi connectivity index (χ4v) is 11.4. The molecule has 0 amide bonds. The SMILES string of the molecule is Cc1cc2c(-c3cc4ccccc4c4ccccc34)cccc2[cH-]1.Cc1ccc2c(c1)[cH-]c1cc(C)ccc12.[Cl-].[Cl-].[Zr+2]=[Si](c1ccccc1)c1ccccc1. The van der Waals surface area contributed by atoms with E-state index in [1.807, 2.05) is 0 Å². The van der Waals surface area contributed by atoms with Crippen molar-refractivity contribution < 1.29 is 48.1 Å². The molecule has 10 aromatic rings. The predicted molar refractivity (Wildman–Crippen MR) is 229 cm³/mol. The molecule has 0 aliphatic heterocycles. The van der Waals surface area contributed by atoms with E-state index in [1.54, 1.807) is 23.3 Å². The van der Waals surface area contributed by atoms with E-state index >= 15 is 0 Å². The molecule has 268 valence electrons. The summed E-state index contributed by atoms with van der Waals surface area (Å²) in [5, 5.41) is 16.4. The Balaban J connectivity index is 0.000000145. The number of hydrogen-bond acceptors (Lipinski definition) is 0. The van der Waals surface area contributed by atoms with E-state index in [0.29, 0.717) is 0 Å². The predicted octanol–water partition coefficient (Wildman–Crippen LogP) is 6.52. The Morgan fingerprint density at radius 3 is 1.51 bits per heavy atom. The topological polar surface area (TPSA) is 0 Å². The van der Waals surface area contributed by atoms with Gasteiger partial charge in [0.25, 0.3) is 0 Å². The van der Waals surface area contributed by atoms with Crippen LogP contribution in [-0.4, -0.2) is 5.43 Å². The maximum absolute atomic E-state index is 2.34. The summed E-state index contributed by atoms with van der Waals surface area (Å²) in [5.41, 5.74) is 6.17. The molecule has 10 rings (SSSR count). The molecule has 4 heteroatoms. The standard InChI is InChI=1S/C24H17.C15H13.C12H10Si.2ClH.Zr/c1-16-13-17-8-6-12-22(23(17)14-16)24-15-18-7-2-3-9-19(18)20-10-4-5-11-21(20)24;1-10-3-5-14-12(7-10)9-13-8-11(2)4-6-15(13)14;1-3-7-11(8-4-1)13-12-9-5-2-6-10-12;;;/h2-15H,1H3;3-9H,1-2H3;1-10H;2*1H;/q2*-1;;;;+2/p-2. The van der Waals surface area contributed by atoms with Crippen LogP contribution < -0.4 is 35.2 Å². The summed E-state index contributed by atoms with van der Waals surface area (Å²) in [7, 11) is 0. The van der Waals surface area contributed by atoms with Gasteiger partial charge in [0.2, 0.25) is 0 Å². The fraction of sp³-hybridized carbons (Fsp3) is 0.0588. The molecule has 0 saturated heterocycles. The van der Waals surface area contributed by atoms with E-state index in [9.17, 15) is 0 Å². The Bertz CT molecular complexity index is 2790. The molecule has 0 atom stereocenters. The number of fused-ring (bicyclic) bond motifs is 7. The number of aryl methyl sites for hydroxylation is 3. The molecule has 0 fully saturated rings. The summed E-state index contributed by atoms with van der Waals surface area (Å²) in [6.07, 6.45) is 0. The van der Waals surface area contributed by atoms with Crippen LogP contribution in [-0.2, 0) is 23.3 Å². The van der Waals surface area contributed by atoms with Crippen LogP contribution in [0.2, 0.25) is 0 Å². The van der Waals surface area contributed by atoms with Gasteiger partial charge in [-0.1, -0.05) is 102 Å². The maximum atomic E-state index is 2.34. The van der Waals surface area contributed by atoms with Crippen LogP contribution in [0.5, 0.6) is 0 Å². The van der Waals surface area contributed by atoms with Crippen molar-refractivity contribution >= 4 is 69.7 Å². The third-order valence-electron chi connectivity index (χ3n) is 10.1. The molecule has 0 spiro atoms. The number of rotatable bonds is 3. The van der Waals surface area contributed by atoms with Crippen molar-refractivity contribution in [1.82, 2.24) is 0 Å². The van der Waals surface area contributed by atoms with Crippen molar-refractivity contribution in [2.45, 2.75) is 20.8 Å². The third-order valence-corrected chi connectivity index (χ3v) is 16.2. The summed E-state index contributed by atoms with van der Waals surface area (Å²) < 4.78 is 0. The summed E-state index contributed by atoms with van der Waals surface area (Å²) >= 11 is 1.64. The molecule has 0 aliphatic rings. The molecule has 0 N–H and O–H groups in total. The van der Waals surface area contributed by atoms with Crippen molar-refractivity contribution in [3.8, 4) is 11.1 Å². The Morgan fingerprint density at radius 2 is 0.909 bits per heavy atom. The second-order valence-corrected chi connectivity index (χ2v) is 19.6. The average molecular weight is 843 g/mol. The van der Waals surface area contributed by atoms with Crippen molar-refractivity contribution in [3.63, 3.8) is 0 Å². The van der Waals surface area contributed by atoms with Gasteiger partial charge in [0.15, 0.2) is 0 Å². The van der Waals surface area contributed by atoms with Gasteiger partial charge in [-0.3, -0.25) is 0 Å². The van der Waals surface area contributed by atoms with E-state index < -0.39 is 5.43 Å². The molecule has 0 unspecified atom stereocenters. The van der Waals surface area contributed by atoms with E-state index in [4.69, 9.17) is 0 Å². The van der Waals surface area contributed by atoms with Gasteiger partial charge in [0.05, 0.1) is 0 Å². The number of halogens is 2. The summed E-state index contributed by atoms with van der Waals surface area (Å²) in [6, 6.07) is 68.2. The summed E-state index contributed by atoms with van der Waals surface area (Å²) in [5.74, 6) is 0. The molecule has 55 heavy (non-hydrogen) atoms. The van der Waals surface area contributed by atoms with Gasteiger partial charge in [-0.15, -0.1) is 74.3 Å². The number of benzene rings is 8. The average Bonchev–Trinajstić information content (AvgIpc) is 3.77. The van der Waals surface area contributed by atoms with E-state index in [0.717, 1.165) is 0 Å². The normalized spacial score (nSPS) is 10.6. The van der Waals surface area contributed by atoms with Gasteiger partial charge in [0, 0.05) is 0 Å². The second kappa shape index (κ2) is 17.9. The Kier molecular flexibility index (Phi) is 13.1. The first kappa shape index (κ1) is 40.1. The van der Waals surface area contributed by atoms with Crippen LogP contribution in [0.15, 0.2) is 188 Å². The van der Waals surface area contributed by atoms with Crippen LogP contribution in [0.3, 0.4) is 0 Å². The zero-order valence-electron chi connectivity index (χ0n) is 31.2. The van der Waals surface area contributed by atoms with Crippen LogP contribution in [0.25, 0.3) is 65.0 Å². The van der Waals surface area contributed by atoms with Gasteiger partial charge in [-0.05, 0) is 47.0 Å². The minimum atomic E-state index is -0.455. The molecule has 0 saturated carbocycles. The first-order valence-electron chi connectivity index (χ1n) is 18.3. The molecule has 0 nitrogen and oxygen atoms in total. The van der Waals surface area contributed by atoms with Crippen LogP contribution in [0.1, 0.15) is 16.7 Å². The van der Waals surface area contributed by atoms with E-state index in [1.165, 1.54) is 92.1 Å². The van der Waals surface area contributed by atoms with E-state index in [-0.39, 0.29) is 24.8 Å².